The molecule has 0 bridgehead atoms. The summed E-state index contributed by atoms with van der Waals surface area (Å²) in [6.07, 6.45) is -0.115. The lowest BCUT2D eigenvalue weighted by molar-refractivity contribution is -0.136. The molecule has 0 aromatic carbocycles. The molecule has 2 aliphatic rings. The molecular weight excluding hydrogens is 194 g/mol. The average molecular weight is 213 g/mol. The quantitative estimate of drug-likeness (QED) is 0.601. The molecule has 4 heteroatoms. The highest BCUT2D eigenvalue weighted by Gasteiger charge is 2.53. The van der Waals surface area contributed by atoms with Gasteiger partial charge in [-0.05, 0) is 5.41 Å². The van der Waals surface area contributed by atoms with Gasteiger partial charge in [0.2, 0.25) is 0 Å². The average Bonchev–Trinajstić information content (AvgIpc) is 2.97. The second-order valence-electron chi connectivity index (χ2n) is 5.28. The molecule has 2 heterocycles. The first-order chi connectivity index (χ1) is 7.00. The number of carbonyl (C=O) groups excluding carboxylic acids is 1. The Bertz CT molecular complexity index is 253. The molecule has 2 aliphatic heterocycles. The van der Waals surface area contributed by atoms with Crippen LogP contribution >= 0.6 is 0 Å². The van der Waals surface area contributed by atoms with Crippen LogP contribution in [-0.2, 0) is 14.3 Å². The fourth-order valence-electron chi connectivity index (χ4n) is 1.92. The van der Waals surface area contributed by atoms with E-state index in [0.717, 1.165) is 0 Å². The van der Waals surface area contributed by atoms with Crippen LogP contribution in [0.3, 0.4) is 0 Å². The summed E-state index contributed by atoms with van der Waals surface area (Å²) in [7, 11) is 0. The molecule has 0 aliphatic carbocycles. The third-order valence-corrected chi connectivity index (χ3v) is 2.91. The largest absolute Gasteiger partial charge is 0.378 e. The highest BCUT2D eigenvalue weighted by molar-refractivity contribution is 5.84. The Morgan fingerprint density at radius 1 is 1.27 bits per heavy atom. The Labute approximate surface area is 90.5 Å². The van der Waals surface area contributed by atoms with Gasteiger partial charge in [0.25, 0.3) is 5.91 Å². The van der Waals surface area contributed by atoms with Gasteiger partial charge in [-0.25, -0.2) is 0 Å². The number of nitrogens with zero attached hydrogens (tertiary/aromatic N) is 1. The van der Waals surface area contributed by atoms with E-state index in [9.17, 15) is 4.79 Å². The number of amides is 1. The summed E-state index contributed by atoms with van der Waals surface area (Å²) < 4.78 is 10.7. The van der Waals surface area contributed by atoms with Gasteiger partial charge >= 0.3 is 0 Å². The number of hydrogen-bond donors (Lipinski definition) is 0. The Balaban J connectivity index is 1.88. The summed E-state index contributed by atoms with van der Waals surface area (Å²) in [6, 6.07) is 0. The number of hydrogen-bond acceptors (Lipinski definition) is 3. The molecule has 0 spiro atoms. The van der Waals surface area contributed by atoms with Crippen LogP contribution in [0.25, 0.3) is 0 Å². The zero-order valence-electron chi connectivity index (χ0n) is 9.66. The third kappa shape index (κ3) is 2.32. The van der Waals surface area contributed by atoms with E-state index in [1.165, 1.54) is 0 Å². The smallest absolute Gasteiger partial charge is 0.254 e. The maximum atomic E-state index is 12.0. The van der Waals surface area contributed by atoms with Crippen LogP contribution in [0.4, 0.5) is 0 Å². The van der Waals surface area contributed by atoms with Gasteiger partial charge in [-0.2, -0.15) is 0 Å². The fraction of sp³-hybridized carbons (Fsp3) is 0.909. The summed E-state index contributed by atoms with van der Waals surface area (Å²) in [5.41, 5.74) is 0.0621. The standard InChI is InChI=1S/C11H19NO3/c1-11(2,3)9-8(15-9)10(13)12-4-6-14-7-5-12/h8-9H,4-7H2,1-3H3/t8-,9-/m1/s1. The van der Waals surface area contributed by atoms with Crippen LogP contribution < -0.4 is 0 Å². The number of rotatable bonds is 1. The van der Waals surface area contributed by atoms with Gasteiger partial charge < -0.3 is 14.4 Å². The number of ether oxygens (including phenoxy) is 2. The van der Waals surface area contributed by atoms with Crippen molar-refractivity contribution in [2.24, 2.45) is 5.41 Å². The van der Waals surface area contributed by atoms with Crippen molar-refractivity contribution < 1.29 is 14.3 Å². The lowest BCUT2D eigenvalue weighted by Crippen LogP contribution is -2.43. The minimum Gasteiger partial charge on any atom is -0.378 e. The lowest BCUT2D eigenvalue weighted by atomic mass is 9.90. The lowest BCUT2D eigenvalue weighted by Gasteiger charge is -2.26. The molecule has 1 amide bonds. The Kier molecular flexibility index (Phi) is 2.73. The summed E-state index contributed by atoms with van der Waals surface area (Å²) in [6.45, 7) is 9.02. The number of carbonyl (C=O) groups is 1. The van der Waals surface area contributed by atoms with Crippen molar-refractivity contribution in [3.63, 3.8) is 0 Å². The Morgan fingerprint density at radius 2 is 1.87 bits per heavy atom. The molecule has 0 saturated carbocycles. The van der Waals surface area contributed by atoms with Crippen LogP contribution in [0.15, 0.2) is 0 Å². The highest BCUT2D eigenvalue weighted by atomic mass is 16.6. The first kappa shape index (κ1) is 10.9. The predicted octanol–water partition coefficient (Wildman–Crippen LogP) is 0.659. The van der Waals surface area contributed by atoms with E-state index < -0.39 is 0 Å². The first-order valence-electron chi connectivity index (χ1n) is 5.52. The molecule has 0 aromatic heterocycles. The third-order valence-electron chi connectivity index (χ3n) is 2.91. The van der Waals surface area contributed by atoms with Gasteiger partial charge in [0, 0.05) is 13.1 Å². The monoisotopic (exact) mass is 213 g/mol. The Morgan fingerprint density at radius 3 is 2.33 bits per heavy atom. The molecule has 0 N–H and O–H groups in total. The van der Waals surface area contributed by atoms with E-state index in [-0.39, 0.29) is 23.5 Å². The maximum Gasteiger partial charge on any atom is 0.254 e. The minimum absolute atomic E-state index is 0.0621. The molecule has 15 heavy (non-hydrogen) atoms. The predicted molar refractivity (Wildman–Crippen MR) is 55.5 cm³/mol. The van der Waals surface area contributed by atoms with E-state index >= 15 is 0 Å². The second kappa shape index (κ2) is 3.76. The molecule has 2 fully saturated rings. The van der Waals surface area contributed by atoms with E-state index in [0.29, 0.717) is 26.3 Å². The van der Waals surface area contributed by atoms with Crippen LogP contribution in [0.2, 0.25) is 0 Å². The second-order valence-corrected chi connectivity index (χ2v) is 5.28. The van der Waals surface area contributed by atoms with Gasteiger partial charge in [-0.15, -0.1) is 0 Å². The molecule has 0 unspecified atom stereocenters. The van der Waals surface area contributed by atoms with Crippen LogP contribution in [0.5, 0.6) is 0 Å². The van der Waals surface area contributed by atoms with Crippen molar-refractivity contribution in [3.8, 4) is 0 Å². The molecule has 2 saturated heterocycles. The van der Waals surface area contributed by atoms with Gasteiger partial charge in [-0.3, -0.25) is 4.79 Å². The fourth-order valence-corrected chi connectivity index (χ4v) is 1.92. The zero-order valence-corrected chi connectivity index (χ0v) is 9.66. The topological polar surface area (TPSA) is 42.1 Å². The maximum absolute atomic E-state index is 12.0. The van der Waals surface area contributed by atoms with Gasteiger partial charge in [0.15, 0.2) is 6.10 Å². The van der Waals surface area contributed by atoms with E-state index in [2.05, 4.69) is 20.8 Å². The van der Waals surface area contributed by atoms with Gasteiger partial charge in [-0.1, -0.05) is 20.8 Å². The van der Waals surface area contributed by atoms with E-state index in [1.807, 2.05) is 4.90 Å². The van der Waals surface area contributed by atoms with Crippen molar-refractivity contribution in [2.75, 3.05) is 26.3 Å². The van der Waals surface area contributed by atoms with Crippen LogP contribution in [0, 0.1) is 5.41 Å². The zero-order chi connectivity index (χ0) is 11.1. The molecule has 0 aromatic rings. The van der Waals surface area contributed by atoms with Crippen molar-refractivity contribution in [3.05, 3.63) is 0 Å². The summed E-state index contributed by atoms with van der Waals surface area (Å²) >= 11 is 0. The normalized spacial score (nSPS) is 31.5. The number of morpholine rings is 1. The van der Waals surface area contributed by atoms with E-state index in [1.54, 1.807) is 0 Å². The first-order valence-corrected chi connectivity index (χ1v) is 5.52. The minimum atomic E-state index is -0.205. The molecule has 2 rings (SSSR count). The van der Waals surface area contributed by atoms with Gasteiger partial charge in [0.05, 0.1) is 19.3 Å². The molecule has 4 nitrogen and oxygen atoms in total. The molecular formula is C11H19NO3. The summed E-state index contributed by atoms with van der Waals surface area (Å²) in [5.74, 6) is 0.137. The van der Waals surface area contributed by atoms with Crippen LogP contribution in [-0.4, -0.2) is 49.3 Å². The molecule has 0 radical (unpaired) electrons. The van der Waals surface area contributed by atoms with E-state index in [4.69, 9.17) is 9.47 Å². The summed E-state index contributed by atoms with van der Waals surface area (Å²) in [4.78, 5) is 13.8. The van der Waals surface area contributed by atoms with Crippen molar-refractivity contribution in [1.29, 1.82) is 0 Å². The van der Waals surface area contributed by atoms with Crippen molar-refractivity contribution in [1.82, 2.24) is 4.90 Å². The summed E-state index contributed by atoms with van der Waals surface area (Å²) in [5, 5.41) is 0. The van der Waals surface area contributed by atoms with Crippen molar-refractivity contribution >= 4 is 5.91 Å². The molecule has 86 valence electrons. The Hall–Kier alpha value is -0.610. The SMILES string of the molecule is CC(C)(C)[C@@H]1O[C@H]1C(=O)N1CCOCC1. The van der Waals surface area contributed by atoms with Crippen molar-refractivity contribution in [2.45, 2.75) is 33.0 Å². The van der Waals surface area contributed by atoms with Gasteiger partial charge in [0.1, 0.15) is 0 Å². The van der Waals surface area contributed by atoms with Crippen LogP contribution in [0.1, 0.15) is 20.8 Å². The highest BCUT2D eigenvalue weighted by Crippen LogP contribution is 2.38. The number of epoxide rings is 1. The molecule has 2 atom stereocenters.